The second-order valence-corrected chi connectivity index (χ2v) is 5.87. The number of likely N-dealkylation sites (tertiary alicyclic amines) is 1. The Kier molecular flexibility index (Phi) is 4.30. The van der Waals surface area contributed by atoms with Crippen molar-refractivity contribution in [3.63, 3.8) is 0 Å². The van der Waals surface area contributed by atoms with Crippen LogP contribution in [0, 0.1) is 5.92 Å². The number of piperidine rings is 1. The lowest BCUT2D eigenvalue weighted by Gasteiger charge is -2.37. The molecule has 0 aromatic heterocycles. The minimum Gasteiger partial charge on any atom is -0.399 e. The molecule has 4 heteroatoms. The van der Waals surface area contributed by atoms with Crippen molar-refractivity contribution in [3.05, 3.63) is 23.9 Å². The Balaban J connectivity index is 2.07. The van der Waals surface area contributed by atoms with Crippen molar-refractivity contribution in [2.45, 2.75) is 25.8 Å². The summed E-state index contributed by atoms with van der Waals surface area (Å²) in [6.07, 6.45) is 4.53. The van der Waals surface area contributed by atoms with Gasteiger partial charge in [-0.25, -0.2) is 0 Å². The molecule has 106 valence electrons. The number of hydrogen-bond donors (Lipinski definition) is 1. The molecule has 2 aliphatic rings. The maximum atomic E-state index is 5.87. The molecule has 1 unspecified atom stereocenters. The Bertz CT molecular complexity index is 402. The molecule has 2 rings (SSSR count). The maximum Gasteiger partial charge on any atom is 0.123 e. The number of nitrogens with zero attached hydrogens (tertiary/aromatic N) is 3. The van der Waals surface area contributed by atoms with Gasteiger partial charge in [0.1, 0.15) is 5.84 Å². The summed E-state index contributed by atoms with van der Waals surface area (Å²) in [6, 6.07) is 0.590. The Morgan fingerprint density at radius 3 is 2.68 bits per heavy atom. The number of nitrogens with two attached hydrogens (primary N) is 1. The van der Waals surface area contributed by atoms with Crippen LogP contribution in [-0.2, 0) is 0 Å². The smallest absolute Gasteiger partial charge is 0.123 e. The number of rotatable bonds is 2. The number of amidine groups is 1. The molecule has 1 atom stereocenters. The van der Waals surface area contributed by atoms with E-state index in [1.807, 2.05) is 0 Å². The van der Waals surface area contributed by atoms with Crippen LogP contribution in [0.25, 0.3) is 0 Å². The number of likely N-dealkylation sites (N-methyl/N-ethyl adjacent to an activating group) is 1. The maximum absolute atomic E-state index is 5.87. The van der Waals surface area contributed by atoms with E-state index in [-0.39, 0.29) is 0 Å². The van der Waals surface area contributed by atoms with Gasteiger partial charge in [-0.3, -0.25) is 4.99 Å². The molecule has 2 heterocycles. The second kappa shape index (κ2) is 5.78. The minimum absolute atomic E-state index is 0.382. The predicted octanol–water partition coefficient (Wildman–Crippen LogP) is 1.46. The van der Waals surface area contributed by atoms with Crippen LogP contribution in [0.1, 0.15) is 19.8 Å². The van der Waals surface area contributed by atoms with Crippen LogP contribution in [0.5, 0.6) is 0 Å². The fraction of sp³-hybridized carbons (Fsp3) is 0.667. The molecule has 2 N–H and O–H groups in total. The molecule has 0 aromatic carbocycles. The first-order valence-electron chi connectivity index (χ1n) is 7.11. The fourth-order valence-corrected chi connectivity index (χ4v) is 2.85. The molecule has 0 radical (unpaired) electrons. The van der Waals surface area contributed by atoms with E-state index in [0.29, 0.717) is 17.7 Å². The van der Waals surface area contributed by atoms with Crippen molar-refractivity contribution in [3.8, 4) is 0 Å². The lowest BCUT2D eigenvalue weighted by Crippen LogP contribution is -2.44. The van der Waals surface area contributed by atoms with Gasteiger partial charge in [-0.15, -0.1) is 0 Å². The lowest BCUT2D eigenvalue weighted by molar-refractivity contribution is 0.192. The molecule has 0 aromatic rings. The third kappa shape index (κ3) is 3.18. The summed E-state index contributed by atoms with van der Waals surface area (Å²) in [5.41, 5.74) is 7.69. The van der Waals surface area contributed by atoms with Gasteiger partial charge in [0.05, 0.1) is 0 Å². The van der Waals surface area contributed by atoms with Crippen LogP contribution in [0.15, 0.2) is 28.9 Å². The average molecular weight is 262 g/mol. The minimum atomic E-state index is 0.382. The van der Waals surface area contributed by atoms with Gasteiger partial charge in [0.25, 0.3) is 0 Å². The van der Waals surface area contributed by atoms with Crippen LogP contribution in [-0.4, -0.2) is 55.4 Å². The zero-order valence-electron chi connectivity index (χ0n) is 12.4. The number of hydrogen-bond acceptors (Lipinski definition) is 4. The van der Waals surface area contributed by atoms with Gasteiger partial charge in [0, 0.05) is 31.2 Å². The second-order valence-electron chi connectivity index (χ2n) is 5.87. The van der Waals surface area contributed by atoms with Crippen molar-refractivity contribution >= 4 is 5.84 Å². The first kappa shape index (κ1) is 14.1. The highest BCUT2D eigenvalue weighted by Crippen LogP contribution is 2.22. The number of allylic oxidation sites excluding steroid dienone is 1. The van der Waals surface area contributed by atoms with E-state index in [1.54, 1.807) is 0 Å². The Hall–Kier alpha value is -1.29. The highest BCUT2D eigenvalue weighted by molar-refractivity contribution is 5.95. The highest BCUT2D eigenvalue weighted by Gasteiger charge is 2.24. The van der Waals surface area contributed by atoms with Crippen molar-refractivity contribution in [1.29, 1.82) is 0 Å². The van der Waals surface area contributed by atoms with Crippen LogP contribution in [0.3, 0.4) is 0 Å². The molecule has 0 saturated carbocycles. The summed E-state index contributed by atoms with van der Waals surface area (Å²) in [5.74, 6) is 1.45. The summed E-state index contributed by atoms with van der Waals surface area (Å²) in [7, 11) is 4.34. The molecule has 0 aliphatic carbocycles. The summed E-state index contributed by atoms with van der Waals surface area (Å²) >= 11 is 0. The van der Waals surface area contributed by atoms with Gasteiger partial charge < -0.3 is 15.5 Å². The van der Waals surface area contributed by atoms with Crippen LogP contribution < -0.4 is 5.73 Å². The summed E-state index contributed by atoms with van der Waals surface area (Å²) in [4.78, 5) is 9.40. The van der Waals surface area contributed by atoms with E-state index in [1.165, 1.54) is 25.9 Å². The molecule has 4 nitrogen and oxygen atoms in total. The highest BCUT2D eigenvalue weighted by atomic mass is 15.2. The zero-order valence-corrected chi connectivity index (χ0v) is 12.4. The molecule has 2 aliphatic heterocycles. The predicted molar refractivity (Wildman–Crippen MR) is 81.2 cm³/mol. The topological polar surface area (TPSA) is 44.9 Å². The lowest BCUT2D eigenvalue weighted by atomic mass is 9.95. The molecular formula is C15H26N4. The Labute approximate surface area is 116 Å². The number of aliphatic imine (C=N–C) groups is 1. The number of dihydropyridines is 1. The van der Waals surface area contributed by atoms with Gasteiger partial charge in [0.15, 0.2) is 0 Å². The van der Waals surface area contributed by atoms with E-state index in [4.69, 9.17) is 10.7 Å². The van der Waals surface area contributed by atoms with Gasteiger partial charge in [-0.1, -0.05) is 13.5 Å². The SMILES string of the molecule is C=C(N)C1=CC(N(C)C2CCN(C)CC2)=NCC1C. The van der Waals surface area contributed by atoms with Crippen LogP contribution >= 0.6 is 0 Å². The van der Waals surface area contributed by atoms with Crippen molar-refractivity contribution in [1.82, 2.24) is 9.80 Å². The zero-order chi connectivity index (χ0) is 14.0. The van der Waals surface area contributed by atoms with E-state index >= 15 is 0 Å². The summed E-state index contributed by atoms with van der Waals surface area (Å²) in [6.45, 7) is 9.17. The first-order valence-corrected chi connectivity index (χ1v) is 7.11. The van der Waals surface area contributed by atoms with Gasteiger partial charge in [0.2, 0.25) is 0 Å². The van der Waals surface area contributed by atoms with E-state index in [2.05, 4.69) is 43.5 Å². The van der Waals surface area contributed by atoms with Gasteiger partial charge in [-0.05, 0) is 44.6 Å². The molecular weight excluding hydrogens is 236 g/mol. The monoisotopic (exact) mass is 262 g/mol. The largest absolute Gasteiger partial charge is 0.399 e. The summed E-state index contributed by atoms with van der Waals surface area (Å²) < 4.78 is 0. The van der Waals surface area contributed by atoms with Crippen molar-refractivity contribution in [2.24, 2.45) is 16.6 Å². The molecule has 1 fully saturated rings. The molecule has 19 heavy (non-hydrogen) atoms. The van der Waals surface area contributed by atoms with E-state index in [0.717, 1.165) is 18.0 Å². The van der Waals surface area contributed by atoms with Gasteiger partial charge >= 0.3 is 0 Å². The standard InChI is InChI=1S/C15H26N4/c1-11-10-17-15(9-14(11)12(2)16)19(4)13-5-7-18(3)8-6-13/h9,11,13H,2,5-8,10,16H2,1,3-4H3. The fourth-order valence-electron chi connectivity index (χ4n) is 2.85. The van der Waals surface area contributed by atoms with Gasteiger partial charge in [-0.2, -0.15) is 0 Å². The van der Waals surface area contributed by atoms with E-state index in [9.17, 15) is 0 Å². The first-order chi connectivity index (χ1) is 8.99. The van der Waals surface area contributed by atoms with Crippen molar-refractivity contribution in [2.75, 3.05) is 33.7 Å². The third-order valence-corrected chi connectivity index (χ3v) is 4.31. The normalized spacial score (nSPS) is 25.7. The molecule has 0 spiro atoms. The quantitative estimate of drug-likeness (QED) is 0.819. The Morgan fingerprint density at radius 2 is 2.11 bits per heavy atom. The van der Waals surface area contributed by atoms with Crippen LogP contribution in [0.4, 0.5) is 0 Å². The molecule has 0 amide bonds. The van der Waals surface area contributed by atoms with Crippen LogP contribution in [0.2, 0.25) is 0 Å². The van der Waals surface area contributed by atoms with Crippen molar-refractivity contribution < 1.29 is 0 Å². The molecule has 1 saturated heterocycles. The average Bonchev–Trinajstić information content (AvgIpc) is 2.39. The Morgan fingerprint density at radius 1 is 1.47 bits per heavy atom. The molecule has 0 bridgehead atoms. The summed E-state index contributed by atoms with van der Waals surface area (Å²) in [5, 5.41) is 0. The third-order valence-electron chi connectivity index (χ3n) is 4.31. The van der Waals surface area contributed by atoms with E-state index < -0.39 is 0 Å².